The van der Waals surface area contributed by atoms with Crippen molar-refractivity contribution < 1.29 is 4.79 Å². The number of carbonyl (C=O) groups excluding carboxylic acids is 1. The normalized spacial score (nSPS) is 15.7. The Morgan fingerprint density at radius 1 is 1.32 bits per heavy atom. The monoisotopic (exact) mass is 259 g/mol. The zero-order valence-corrected chi connectivity index (χ0v) is 11.3. The maximum Gasteiger partial charge on any atom is 0.253 e. The zero-order valence-electron chi connectivity index (χ0n) is 11.3. The molecule has 102 valence electrons. The van der Waals surface area contributed by atoms with Gasteiger partial charge in [0.15, 0.2) is 0 Å². The molecule has 0 unspecified atom stereocenters. The summed E-state index contributed by atoms with van der Waals surface area (Å²) < 4.78 is 0. The average Bonchev–Trinajstić information content (AvgIpc) is 2.74. The number of hydrogen-bond acceptors (Lipinski definition) is 3. The topological polar surface area (TPSA) is 45.2 Å². The minimum atomic E-state index is -0.102. The Morgan fingerprint density at radius 2 is 2.05 bits per heavy atom. The average molecular weight is 259 g/mol. The minimum Gasteiger partial charge on any atom is -0.357 e. The number of hydrogen-bond donors (Lipinski definition) is 1. The van der Waals surface area contributed by atoms with Gasteiger partial charge in [0.1, 0.15) is 5.82 Å². The molecule has 19 heavy (non-hydrogen) atoms. The summed E-state index contributed by atoms with van der Waals surface area (Å²) in [5, 5.41) is 2.75. The van der Waals surface area contributed by atoms with Crippen molar-refractivity contribution in [2.24, 2.45) is 0 Å². The fraction of sp³-hybridized carbons (Fsp3) is 0.467. The molecule has 0 spiro atoms. The van der Waals surface area contributed by atoms with E-state index in [1.165, 1.54) is 25.7 Å². The smallest absolute Gasteiger partial charge is 0.253 e. The van der Waals surface area contributed by atoms with Crippen LogP contribution in [0.5, 0.6) is 0 Å². The van der Waals surface area contributed by atoms with Crippen LogP contribution in [-0.2, 0) is 0 Å². The molecule has 0 aliphatic carbocycles. The number of carbonyl (C=O) groups is 1. The lowest BCUT2D eigenvalue weighted by Gasteiger charge is -2.21. The summed E-state index contributed by atoms with van der Waals surface area (Å²) in [6, 6.07) is 3.78. The largest absolute Gasteiger partial charge is 0.357 e. The van der Waals surface area contributed by atoms with Crippen LogP contribution in [0, 0.1) is 0 Å². The van der Waals surface area contributed by atoms with Crippen molar-refractivity contribution >= 4 is 11.7 Å². The van der Waals surface area contributed by atoms with Gasteiger partial charge < -0.3 is 10.2 Å². The summed E-state index contributed by atoms with van der Waals surface area (Å²) in [6.07, 6.45) is 8.37. The van der Waals surface area contributed by atoms with Gasteiger partial charge in [-0.25, -0.2) is 4.98 Å². The van der Waals surface area contributed by atoms with Crippen molar-refractivity contribution in [3.8, 4) is 0 Å². The van der Waals surface area contributed by atoms with Crippen LogP contribution >= 0.6 is 0 Å². The first-order valence-electron chi connectivity index (χ1n) is 6.91. The fourth-order valence-electron chi connectivity index (χ4n) is 2.27. The molecular formula is C15H21N3O. The zero-order chi connectivity index (χ0) is 13.5. The molecule has 1 amide bonds. The van der Waals surface area contributed by atoms with Gasteiger partial charge in [-0.1, -0.05) is 18.9 Å². The molecule has 2 rings (SSSR count). The molecule has 4 heteroatoms. The first kappa shape index (κ1) is 13.6. The number of amides is 1. The van der Waals surface area contributed by atoms with Crippen molar-refractivity contribution in [1.29, 1.82) is 0 Å². The van der Waals surface area contributed by atoms with E-state index in [9.17, 15) is 4.79 Å². The summed E-state index contributed by atoms with van der Waals surface area (Å²) >= 11 is 0. The lowest BCUT2D eigenvalue weighted by molar-refractivity contribution is 0.0957. The van der Waals surface area contributed by atoms with Gasteiger partial charge in [-0.15, -0.1) is 6.58 Å². The van der Waals surface area contributed by atoms with E-state index < -0.39 is 0 Å². The molecule has 0 saturated carbocycles. The molecule has 1 fully saturated rings. The number of nitrogens with zero attached hydrogens (tertiary/aromatic N) is 2. The molecule has 1 N–H and O–H groups in total. The summed E-state index contributed by atoms with van der Waals surface area (Å²) in [6.45, 7) is 6.18. The van der Waals surface area contributed by atoms with Gasteiger partial charge in [0.05, 0.1) is 5.56 Å². The van der Waals surface area contributed by atoms with Gasteiger partial charge in [-0.2, -0.15) is 0 Å². The Balaban J connectivity index is 2.00. The van der Waals surface area contributed by atoms with E-state index in [2.05, 4.69) is 21.8 Å². The maximum atomic E-state index is 11.7. The van der Waals surface area contributed by atoms with Crippen LogP contribution < -0.4 is 10.2 Å². The van der Waals surface area contributed by atoms with Gasteiger partial charge in [0.2, 0.25) is 0 Å². The van der Waals surface area contributed by atoms with Gasteiger partial charge in [0, 0.05) is 25.8 Å². The summed E-state index contributed by atoms with van der Waals surface area (Å²) in [4.78, 5) is 18.5. The summed E-state index contributed by atoms with van der Waals surface area (Å²) in [5.41, 5.74) is 0.598. The van der Waals surface area contributed by atoms with Crippen molar-refractivity contribution in [3.05, 3.63) is 36.5 Å². The highest BCUT2D eigenvalue weighted by Crippen LogP contribution is 2.17. The molecule has 0 atom stereocenters. The SMILES string of the molecule is C=CCNC(=O)c1ccc(N2CCCCCC2)nc1. The molecule has 1 aromatic rings. The van der Waals surface area contributed by atoms with Crippen LogP contribution in [0.2, 0.25) is 0 Å². The Morgan fingerprint density at radius 3 is 2.63 bits per heavy atom. The third kappa shape index (κ3) is 3.81. The second-order valence-electron chi connectivity index (χ2n) is 4.81. The first-order valence-corrected chi connectivity index (χ1v) is 6.91. The molecule has 4 nitrogen and oxygen atoms in total. The van der Waals surface area contributed by atoms with Crippen LogP contribution in [0.4, 0.5) is 5.82 Å². The standard InChI is InChI=1S/C15H21N3O/c1-2-9-16-15(19)13-7-8-14(17-12-13)18-10-5-3-4-6-11-18/h2,7-8,12H,1,3-6,9-11H2,(H,16,19). The van der Waals surface area contributed by atoms with Gasteiger partial charge in [-0.3, -0.25) is 4.79 Å². The van der Waals surface area contributed by atoms with E-state index in [0.29, 0.717) is 12.1 Å². The van der Waals surface area contributed by atoms with Crippen LogP contribution in [0.15, 0.2) is 31.0 Å². The number of anilines is 1. The predicted octanol–water partition coefficient (Wildman–Crippen LogP) is 2.38. The molecule has 1 aromatic heterocycles. The lowest BCUT2D eigenvalue weighted by Crippen LogP contribution is -2.26. The minimum absolute atomic E-state index is 0.102. The van der Waals surface area contributed by atoms with E-state index in [0.717, 1.165) is 18.9 Å². The molecule has 1 saturated heterocycles. The van der Waals surface area contributed by atoms with Crippen molar-refractivity contribution in [1.82, 2.24) is 10.3 Å². The molecular weight excluding hydrogens is 238 g/mol. The maximum absolute atomic E-state index is 11.7. The van der Waals surface area contributed by atoms with Crippen LogP contribution in [-0.4, -0.2) is 30.5 Å². The van der Waals surface area contributed by atoms with Crippen molar-refractivity contribution in [3.63, 3.8) is 0 Å². The van der Waals surface area contributed by atoms with E-state index in [1.54, 1.807) is 12.3 Å². The molecule has 0 bridgehead atoms. The Kier molecular flexibility index (Phi) is 4.95. The molecule has 1 aliphatic rings. The lowest BCUT2D eigenvalue weighted by atomic mass is 10.2. The number of rotatable bonds is 4. The highest BCUT2D eigenvalue weighted by Gasteiger charge is 2.12. The van der Waals surface area contributed by atoms with Gasteiger partial charge in [-0.05, 0) is 25.0 Å². The highest BCUT2D eigenvalue weighted by molar-refractivity contribution is 5.94. The fourth-order valence-corrected chi connectivity index (χ4v) is 2.27. The highest BCUT2D eigenvalue weighted by atomic mass is 16.1. The predicted molar refractivity (Wildman–Crippen MR) is 77.4 cm³/mol. The Bertz CT molecular complexity index is 420. The number of nitrogens with one attached hydrogen (secondary N) is 1. The summed E-state index contributed by atoms with van der Waals surface area (Å²) in [7, 11) is 0. The van der Waals surface area contributed by atoms with E-state index in [1.807, 2.05) is 12.1 Å². The van der Waals surface area contributed by atoms with Gasteiger partial charge >= 0.3 is 0 Å². The van der Waals surface area contributed by atoms with Crippen molar-refractivity contribution in [2.75, 3.05) is 24.5 Å². The van der Waals surface area contributed by atoms with Gasteiger partial charge in [0.25, 0.3) is 5.91 Å². The Hall–Kier alpha value is -1.84. The van der Waals surface area contributed by atoms with Crippen LogP contribution in [0.1, 0.15) is 36.0 Å². The second-order valence-corrected chi connectivity index (χ2v) is 4.81. The quantitative estimate of drug-likeness (QED) is 0.844. The summed E-state index contributed by atoms with van der Waals surface area (Å²) in [5.74, 6) is 0.872. The van der Waals surface area contributed by atoms with Crippen LogP contribution in [0.25, 0.3) is 0 Å². The molecule has 0 aromatic carbocycles. The molecule has 2 heterocycles. The van der Waals surface area contributed by atoms with Crippen LogP contribution in [0.3, 0.4) is 0 Å². The molecule has 1 aliphatic heterocycles. The van der Waals surface area contributed by atoms with E-state index >= 15 is 0 Å². The first-order chi connectivity index (χ1) is 9.31. The Labute approximate surface area is 114 Å². The van der Waals surface area contributed by atoms with Crippen molar-refractivity contribution in [2.45, 2.75) is 25.7 Å². The van der Waals surface area contributed by atoms with E-state index in [4.69, 9.17) is 0 Å². The number of pyridine rings is 1. The molecule has 0 radical (unpaired) electrons. The van der Waals surface area contributed by atoms with E-state index in [-0.39, 0.29) is 5.91 Å². The second kappa shape index (κ2) is 6.92. The third-order valence-corrected chi connectivity index (χ3v) is 3.35. The third-order valence-electron chi connectivity index (χ3n) is 3.35. The number of aromatic nitrogens is 1.